The third kappa shape index (κ3) is 5.99. The molecule has 2 atom stereocenters. The Morgan fingerprint density at radius 3 is 1.97 bits per heavy atom. The predicted molar refractivity (Wildman–Crippen MR) is 144 cm³/mol. The number of aliphatic carboxylic acids is 1. The first kappa shape index (κ1) is 25.6. The van der Waals surface area contributed by atoms with E-state index in [0.717, 1.165) is 26.6 Å². The molecule has 0 heterocycles. The Morgan fingerprint density at radius 2 is 1.39 bits per heavy atom. The first-order valence-corrected chi connectivity index (χ1v) is 12.8. The van der Waals surface area contributed by atoms with Gasteiger partial charge in [-0.25, -0.2) is 9.00 Å². The fourth-order valence-electron chi connectivity index (χ4n) is 4.21. The molecule has 7 heteroatoms. The average molecular weight is 504 g/mol. The predicted octanol–water partition coefficient (Wildman–Crippen LogP) is 6.28. The van der Waals surface area contributed by atoms with Gasteiger partial charge in [0.25, 0.3) is 11.3 Å². The van der Waals surface area contributed by atoms with Gasteiger partial charge in [-0.1, -0.05) is 86.6 Å². The number of hydrogen-bond acceptors (Lipinski definition) is 3. The zero-order valence-electron chi connectivity index (χ0n) is 20.2. The number of anilines is 1. The number of nitrogens with zero attached hydrogens (tertiary/aromatic N) is 1. The smallest absolute Gasteiger partial charge is 0.327 e. The summed E-state index contributed by atoms with van der Waals surface area (Å²) in [7, 11) is 0. The van der Waals surface area contributed by atoms with E-state index in [1.54, 1.807) is 26.0 Å². The Balaban J connectivity index is 1.40. The maximum Gasteiger partial charge on any atom is 0.327 e. The molecule has 0 aliphatic heterocycles. The molecule has 0 aromatic heterocycles. The first-order valence-electron chi connectivity index (χ1n) is 11.7. The van der Waals surface area contributed by atoms with Gasteiger partial charge in [-0.15, -0.1) is 0 Å². The van der Waals surface area contributed by atoms with Gasteiger partial charge in [0, 0.05) is 0 Å². The number of rotatable bonds is 10. The lowest BCUT2D eigenvalue weighted by atomic mass is 10.0. The molecule has 0 amide bonds. The van der Waals surface area contributed by atoms with Gasteiger partial charge in [0.2, 0.25) is 0 Å². The summed E-state index contributed by atoms with van der Waals surface area (Å²) in [5, 5.41) is 12.0. The van der Waals surface area contributed by atoms with Gasteiger partial charge in [0.05, 0.1) is 18.9 Å². The minimum atomic E-state index is -2.47. The maximum atomic E-state index is 11.9. The van der Waals surface area contributed by atoms with Crippen molar-refractivity contribution in [2.45, 2.75) is 33.1 Å². The van der Waals surface area contributed by atoms with Crippen LogP contribution in [0, 0.1) is 5.92 Å². The van der Waals surface area contributed by atoms with Crippen LogP contribution in [0.15, 0.2) is 91.0 Å². The third-order valence-corrected chi connectivity index (χ3v) is 6.84. The summed E-state index contributed by atoms with van der Waals surface area (Å²) in [5.41, 5.74) is 4.46. The molecule has 0 radical (unpaired) electrons. The molecule has 2 N–H and O–H groups in total. The molecule has 36 heavy (non-hydrogen) atoms. The highest BCUT2D eigenvalue weighted by Gasteiger charge is 2.32. The molecule has 4 rings (SSSR count). The molecule has 4 aromatic carbocycles. The highest BCUT2D eigenvalue weighted by Crippen LogP contribution is 2.27. The highest BCUT2D eigenvalue weighted by molar-refractivity contribution is 7.80. The van der Waals surface area contributed by atoms with Gasteiger partial charge in [-0.05, 0) is 57.1 Å². The fourth-order valence-corrected chi connectivity index (χ4v) is 5.04. The second-order valence-electron chi connectivity index (χ2n) is 9.00. The molecule has 0 saturated carbocycles. The second-order valence-corrected chi connectivity index (χ2v) is 9.86. The summed E-state index contributed by atoms with van der Waals surface area (Å²) in [6, 6.07) is 28.5. The van der Waals surface area contributed by atoms with E-state index in [1.165, 1.54) is 10.8 Å². The largest absolute Gasteiger partial charge is 0.480 e. The number of carboxylic acid groups (broad SMARTS) is 1. The first-order chi connectivity index (χ1) is 17.3. The van der Waals surface area contributed by atoms with Crippen LogP contribution in [0.2, 0.25) is 0 Å². The van der Waals surface area contributed by atoms with E-state index >= 15 is 0 Å². The lowest BCUT2D eigenvalue weighted by molar-refractivity contribution is -0.139. The van der Waals surface area contributed by atoms with Gasteiger partial charge in [-0.3, -0.25) is 8.86 Å². The molecule has 6 nitrogen and oxygen atoms in total. The van der Waals surface area contributed by atoms with Gasteiger partial charge in [0.1, 0.15) is 6.04 Å². The van der Waals surface area contributed by atoms with Gasteiger partial charge in [0.15, 0.2) is 0 Å². The number of hydrogen-bond donors (Lipinski definition) is 2. The summed E-state index contributed by atoms with van der Waals surface area (Å²) in [6.07, 6.45) is 0. The zero-order valence-corrected chi connectivity index (χ0v) is 21.0. The van der Waals surface area contributed by atoms with Crippen LogP contribution in [-0.2, 0) is 34.0 Å². The van der Waals surface area contributed by atoms with E-state index in [0.29, 0.717) is 18.9 Å². The Kier molecular flexibility index (Phi) is 8.15. The molecule has 2 unspecified atom stereocenters. The summed E-state index contributed by atoms with van der Waals surface area (Å²) in [6.45, 7) is 4.44. The van der Waals surface area contributed by atoms with E-state index in [1.807, 2.05) is 48.5 Å². The van der Waals surface area contributed by atoms with Crippen molar-refractivity contribution in [3.63, 3.8) is 0 Å². The molecular formula is C29H29NO5S. The normalized spacial score (nSPS) is 13.0. The second kappa shape index (κ2) is 11.5. The molecule has 0 aliphatic carbocycles. The van der Waals surface area contributed by atoms with Crippen molar-refractivity contribution in [1.82, 2.24) is 0 Å². The van der Waals surface area contributed by atoms with Gasteiger partial charge in [-0.2, -0.15) is 0 Å². The molecule has 186 valence electrons. The van der Waals surface area contributed by atoms with Crippen LogP contribution in [0.4, 0.5) is 5.69 Å². The third-order valence-electron chi connectivity index (χ3n) is 6.07. The summed E-state index contributed by atoms with van der Waals surface area (Å²) < 4.78 is 28.6. The number of carboxylic acids is 1. The van der Waals surface area contributed by atoms with E-state index < -0.39 is 23.3 Å². The Hall–Kier alpha value is -3.52. The van der Waals surface area contributed by atoms with Crippen LogP contribution < -0.4 is 4.31 Å². The van der Waals surface area contributed by atoms with Crippen LogP contribution in [0.5, 0.6) is 0 Å². The molecule has 4 aromatic rings. The van der Waals surface area contributed by atoms with Crippen molar-refractivity contribution >= 4 is 33.7 Å². The van der Waals surface area contributed by atoms with Crippen molar-refractivity contribution < 1.29 is 23.4 Å². The minimum Gasteiger partial charge on any atom is -0.480 e. The summed E-state index contributed by atoms with van der Waals surface area (Å²) in [5.74, 6) is -1.50. The molecule has 0 saturated heterocycles. The number of carbonyl (C=O) groups is 1. The van der Waals surface area contributed by atoms with Gasteiger partial charge < -0.3 is 9.84 Å². The lowest BCUT2D eigenvalue weighted by Gasteiger charge is -2.29. The van der Waals surface area contributed by atoms with Crippen LogP contribution in [0.25, 0.3) is 21.9 Å². The monoisotopic (exact) mass is 503 g/mol. The Morgan fingerprint density at radius 1 is 0.833 bits per heavy atom. The topological polar surface area (TPSA) is 87.1 Å². The van der Waals surface area contributed by atoms with Crippen LogP contribution >= 0.6 is 0 Å². The molecular weight excluding hydrogens is 474 g/mol. The zero-order chi connectivity index (χ0) is 25.7. The summed E-state index contributed by atoms with van der Waals surface area (Å²) >= 11 is -2.47. The number of benzene rings is 4. The highest BCUT2D eigenvalue weighted by atomic mass is 32.2. The minimum absolute atomic E-state index is 0.353. The average Bonchev–Trinajstić information content (AvgIpc) is 2.87. The fraction of sp³-hybridized carbons (Fsp3) is 0.207. The standard InChI is InChI=1S/C29H29NO5S/c1-20(2)28(29(31)32)30(36(33)34)27-15-13-25(14-16-27)24-10-7-21(8-11-24)18-35-19-22-9-12-23-5-3-4-6-26(23)17-22/h3-17,20,28H,18-19H2,1-2H3,(H,31,32)(H,33,34). The Bertz CT molecular complexity index is 1350. The van der Waals surface area contributed by atoms with Crippen molar-refractivity contribution in [3.8, 4) is 11.1 Å². The van der Waals surface area contributed by atoms with Crippen LogP contribution in [0.1, 0.15) is 25.0 Å². The number of ether oxygens (including phenoxy) is 1. The van der Waals surface area contributed by atoms with Crippen molar-refractivity contribution in [2.24, 2.45) is 5.92 Å². The quantitative estimate of drug-likeness (QED) is 0.249. The lowest BCUT2D eigenvalue weighted by Crippen LogP contribution is -2.45. The van der Waals surface area contributed by atoms with E-state index in [4.69, 9.17) is 4.74 Å². The van der Waals surface area contributed by atoms with Crippen LogP contribution in [-0.4, -0.2) is 25.9 Å². The SMILES string of the molecule is CC(C)C(C(=O)O)N(c1ccc(-c2ccc(COCc3ccc4ccccc4c3)cc2)cc1)S(=O)O. The van der Waals surface area contributed by atoms with Crippen LogP contribution in [0.3, 0.4) is 0 Å². The van der Waals surface area contributed by atoms with Crippen molar-refractivity contribution in [1.29, 1.82) is 0 Å². The van der Waals surface area contributed by atoms with Crippen molar-refractivity contribution in [3.05, 3.63) is 102 Å². The Labute approximate surface area is 213 Å². The van der Waals surface area contributed by atoms with E-state index in [-0.39, 0.29) is 5.92 Å². The van der Waals surface area contributed by atoms with Gasteiger partial charge >= 0.3 is 5.97 Å². The molecule has 0 bridgehead atoms. The summed E-state index contributed by atoms with van der Waals surface area (Å²) in [4.78, 5) is 11.7. The van der Waals surface area contributed by atoms with E-state index in [2.05, 4.69) is 30.3 Å². The van der Waals surface area contributed by atoms with E-state index in [9.17, 15) is 18.7 Å². The van der Waals surface area contributed by atoms with Crippen molar-refractivity contribution in [2.75, 3.05) is 4.31 Å². The molecule has 0 aliphatic rings. The molecule has 0 fully saturated rings. The molecule has 0 spiro atoms. The maximum absolute atomic E-state index is 11.9. The number of fused-ring (bicyclic) bond motifs is 1.